The molecule has 0 bridgehead atoms. The summed E-state index contributed by atoms with van der Waals surface area (Å²) in [6.07, 6.45) is 9.80. The van der Waals surface area contributed by atoms with E-state index < -0.39 is 0 Å². The number of allylic oxidation sites excluding steroid dienone is 6. The minimum Gasteiger partial charge on any atom is -0.462 e. The molecule has 0 saturated carbocycles. The zero-order chi connectivity index (χ0) is 22.4. The van der Waals surface area contributed by atoms with Gasteiger partial charge < -0.3 is 9.64 Å². The predicted molar refractivity (Wildman–Crippen MR) is 124 cm³/mol. The summed E-state index contributed by atoms with van der Waals surface area (Å²) in [5, 5.41) is 18.4. The monoisotopic (exact) mass is 411 g/mol. The Balaban J connectivity index is 1.77. The lowest BCUT2D eigenvalue weighted by Gasteiger charge is -2.48. The van der Waals surface area contributed by atoms with Crippen molar-refractivity contribution in [2.24, 2.45) is 0 Å². The number of hydrogen-bond acceptors (Lipinski definition) is 4. The van der Waals surface area contributed by atoms with E-state index in [9.17, 15) is 10.5 Å². The summed E-state index contributed by atoms with van der Waals surface area (Å²) in [6, 6.07) is 8.56. The highest BCUT2D eigenvalue weighted by molar-refractivity contribution is 5.72. The summed E-state index contributed by atoms with van der Waals surface area (Å²) in [5.74, 6) is 1.29. The Hall–Kier alpha value is -3.24. The van der Waals surface area contributed by atoms with Crippen LogP contribution in [-0.2, 0) is 15.6 Å². The first-order valence-corrected chi connectivity index (χ1v) is 10.9. The van der Waals surface area contributed by atoms with Gasteiger partial charge in [-0.05, 0) is 77.6 Å². The largest absolute Gasteiger partial charge is 0.462 e. The van der Waals surface area contributed by atoms with E-state index in [1.54, 1.807) is 12.2 Å². The Kier molecular flexibility index (Phi) is 5.06. The molecule has 3 heterocycles. The van der Waals surface area contributed by atoms with E-state index in [1.807, 2.05) is 25.1 Å². The van der Waals surface area contributed by atoms with Crippen LogP contribution in [0.3, 0.4) is 0 Å². The summed E-state index contributed by atoms with van der Waals surface area (Å²) < 4.78 is 5.83. The Bertz CT molecular complexity index is 1090. The molecule has 0 amide bonds. The zero-order valence-corrected chi connectivity index (χ0v) is 19.0. The van der Waals surface area contributed by atoms with E-state index >= 15 is 0 Å². The van der Waals surface area contributed by atoms with Gasteiger partial charge in [0.15, 0.2) is 0 Å². The van der Waals surface area contributed by atoms with Crippen LogP contribution in [0.4, 0.5) is 5.69 Å². The highest BCUT2D eigenvalue weighted by Crippen LogP contribution is 2.49. The normalized spacial score (nSPS) is 20.7. The van der Waals surface area contributed by atoms with Crippen LogP contribution < -0.4 is 4.90 Å². The molecule has 0 saturated heterocycles. The fraction of sp³-hybridized carbons (Fsp3) is 0.407. The first kappa shape index (κ1) is 21.0. The third-order valence-corrected chi connectivity index (χ3v) is 6.81. The van der Waals surface area contributed by atoms with Crippen molar-refractivity contribution in [1.82, 2.24) is 0 Å². The molecule has 158 valence electrons. The molecule has 0 N–H and O–H groups in total. The number of nitrogens with zero attached hydrogens (tertiary/aromatic N) is 3. The van der Waals surface area contributed by atoms with Crippen LogP contribution in [0.2, 0.25) is 0 Å². The van der Waals surface area contributed by atoms with Gasteiger partial charge in [0.25, 0.3) is 0 Å². The smallest absolute Gasteiger partial charge is 0.137 e. The van der Waals surface area contributed by atoms with Crippen molar-refractivity contribution in [2.45, 2.75) is 58.3 Å². The molecule has 3 aliphatic rings. The van der Waals surface area contributed by atoms with Crippen LogP contribution in [0.1, 0.15) is 64.2 Å². The number of ether oxygens (including phenoxy) is 1. The summed E-state index contributed by atoms with van der Waals surface area (Å²) in [7, 11) is 0. The van der Waals surface area contributed by atoms with Crippen LogP contribution in [-0.4, -0.2) is 13.1 Å². The third kappa shape index (κ3) is 3.79. The van der Waals surface area contributed by atoms with Crippen molar-refractivity contribution in [3.63, 3.8) is 0 Å². The van der Waals surface area contributed by atoms with Gasteiger partial charge >= 0.3 is 0 Å². The Morgan fingerprint density at radius 3 is 2.10 bits per heavy atom. The van der Waals surface area contributed by atoms with Gasteiger partial charge in [-0.2, -0.15) is 10.5 Å². The Morgan fingerprint density at radius 2 is 1.55 bits per heavy atom. The van der Waals surface area contributed by atoms with Crippen LogP contribution in [0, 0.1) is 22.7 Å². The fourth-order valence-corrected chi connectivity index (χ4v) is 4.78. The van der Waals surface area contributed by atoms with Crippen LogP contribution in [0.15, 0.2) is 53.0 Å². The summed E-state index contributed by atoms with van der Waals surface area (Å²) in [5.41, 5.74) is 6.41. The average Bonchev–Trinajstić information content (AvgIpc) is 2.71. The van der Waals surface area contributed by atoms with Crippen LogP contribution >= 0.6 is 0 Å². The lowest BCUT2D eigenvalue weighted by Crippen LogP contribution is -2.44. The number of nitriles is 2. The molecule has 4 rings (SSSR count). The van der Waals surface area contributed by atoms with E-state index in [4.69, 9.17) is 4.74 Å². The molecule has 0 atom stereocenters. The molecule has 31 heavy (non-hydrogen) atoms. The molecule has 0 unspecified atom stereocenters. The second kappa shape index (κ2) is 7.47. The quantitative estimate of drug-likeness (QED) is 0.558. The van der Waals surface area contributed by atoms with Gasteiger partial charge in [0.1, 0.15) is 29.2 Å². The SMILES string of the molecule is CC1=CC(=C(C#N)C#N)C=C(C=Cc2cc3c4c(c2)C(C)(C)CCN4CCC3(C)C)O1. The molecule has 0 aromatic heterocycles. The van der Waals surface area contributed by atoms with E-state index in [1.165, 1.54) is 16.8 Å². The highest BCUT2D eigenvalue weighted by atomic mass is 16.5. The minimum atomic E-state index is 0.0929. The molecule has 0 radical (unpaired) electrons. The van der Waals surface area contributed by atoms with E-state index in [0.717, 1.165) is 31.5 Å². The average molecular weight is 412 g/mol. The second-order valence-corrected chi connectivity index (χ2v) is 10.0. The molecular formula is C27H29N3O. The van der Waals surface area contributed by atoms with Crippen molar-refractivity contribution in [3.8, 4) is 12.1 Å². The molecule has 4 heteroatoms. The molecule has 0 spiro atoms. The fourth-order valence-electron chi connectivity index (χ4n) is 4.78. The molecule has 1 aromatic rings. The highest BCUT2D eigenvalue weighted by Gasteiger charge is 2.39. The Labute approximate surface area is 185 Å². The van der Waals surface area contributed by atoms with Gasteiger partial charge in [-0.3, -0.25) is 0 Å². The maximum Gasteiger partial charge on any atom is 0.137 e. The molecule has 3 aliphatic heterocycles. The van der Waals surface area contributed by atoms with Crippen molar-refractivity contribution in [3.05, 3.63) is 69.7 Å². The van der Waals surface area contributed by atoms with Gasteiger partial charge in [-0.1, -0.05) is 33.8 Å². The molecule has 0 aliphatic carbocycles. The van der Waals surface area contributed by atoms with Gasteiger partial charge in [0.2, 0.25) is 0 Å². The number of anilines is 1. The van der Waals surface area contributed by atoms with Crippen LogP contribution in [0.25, 0.3) is 6.08 Å². The van der Waals surface area contributed by atoms with Gasteiger partial charge in [0.05, 0.1) is 0 Å². The standard InChI is InChI=1S/C27H29N3O/c1-18-12-20(21(16-28)17-29)15-22(31-18)7-6-19-13-23-25-24(14-19)27(4,5)9-11-30(25)10-8-26(23,2)3/h6-7,12-15H,8-11H2,1-5H3. The maximum absolute atomic E-state index is 9.20. The molecule has 1 aromatic carbocycles. The third-order valence-electron chi connectivity index (χ3n) is 6.81. The molecular weight excluding hydrogens is 382 g/mol. The maximum atomic E-state index is 9.20. The van der Waals surface area contributed by atoms with Gasteiger partial charge in [-0.15, -0.1) is 0 Å². The summed E-state index contributed by atoms with van der Waals surface area (Å²) in [4.78, 5) is 2.57. The van der Waals surface area contributed by atoms with Crippen LogP contribution in [0.5, 0.6) is 0 Å². The van der Waals surface area contributed by atoms with Crippen molar-refractivity contribution in [2.75, 3.05) is 18.0 Å². The van der Waals surface area contributed by atoms with Gasteiger partial charge in [0, 0.05) is 24.4 Å². The van der Waals surface area contributed by atoms with E-state index in [0.29, 0.717) is 17.1 Å². The van der Waals surface area contributed by atoms with Crippen molar-refractivity contribution in [1.29, 1.82) is 10.5 Å². The predicted octanol–water partition coefficient (Wildman–Crippen LogP) is 6.03. The number of hydrogen-bond donors (Lipinski definition) is 0. The molecule has 4 nitrogen and oxygen atoms in total. The topological polar surface area (TPSA) is 60.0 Å². The number of rotatable bonds is 2. The van der Waals surface area contributed by atoms with Crippen molar-refractivity contribution < 1.29 is 4.74 Å². The lowest BCUT2D eigenvalue weighted by molar-refractivity contribution is 0.318. The van der Waals surface area contributed by atoms with E-state index in [-0.39, 0.29) is 16.4 Å². The van der Waals surface area contributed by atoms with Gasteiger partial charge in [-0.25, -0.2) is 0 Å². The Morgan fingerprint density at radius 1 is 0.968 bits per heavy atom. The minimum absolute atomic E-state index is 0.0929. The summed E-state index contributed by atoms with van der Waals surface area (Å²) in [6.45, 7) is 13.5. The summed E-state index contributed by atoms with van der Waals surface area (Å²) >= 11 is 0. The second-order valence-electron chi connectivity index (χ2n) is 10.0. The van der Waals surface area contributed by atoms with Crippen molar-refractivity contribution >= 4 is 11.8 Å². The molecule has 0 fully saturated rings. The first-order chi connectivity index (χ1) is 14.6. The first-order valence-electron chi connectivity index (χ1n) is 10.9. The van der Waals surface area contributed by atoms with E-state index in [2.05, 4.69) is 50.8 Å². The zero-order valence-electron chi connectivity index (χ0n) is 19.0. The lowest BCUT2D eigenvalue weighted by atomic mass is 9.69. The number of benzene rings is 1.